The number of fused-ring (bicyclic) bond motifs is 1. The molecule has 6 nitrogen and oxygen atoms in total. The molecule has 0 saturated carbocycles. The molecule has 2 heterocycles. The van der Waals surface area contributed by atoms with E-state index in [1.165, 1.54) is 16.2 Å². The van der Waals surface area contributed by atoms with Crippen molar-refractivity contribution in [2.75, 3.05) is 0 Å². The fourth-order valence-corrected chi connectivity index (χ4v) is 3.69. The zero-order chi connectivity index (χ0) is 18.0. The summed E-state index contributed by atoms with van der Waals surface area (Å²) in [5.41, 5.74) is 7.79. The summed E-state index contributed by atoms with van der Waals surface area (Å²) in [6.45, 7) is 5.80. The van der Waals surface area contributed by atoms with E-state index in [1.807, 2.05) is 37.3 Å². The zero-order valence-corrected chi connectivity index (χ0v) is 15.2. The molecule has 3 aromatic rings. The average molecular weight is 356 g/mol. The lowest BCUT2D eigenvalue weighted by molar-refractivity contribution is -0.124. The molecular weight excluding hydrogens is 336 g/mol. The van der Waals surface area contributed by atoms with Gasteiger partial charge in [0, 0.05) is 4.88 Å². The zero-order valence-electron chi connectivity index (χ0n) is 14.4. The summed E-state index contributed by atoms with van der Waals surface area (Å²) >= 11 is 1.45. The first-order valence-electron chi connectivity index (χ1n) is 8.12. The van der Waals surface area contributed by atoms with Gasteiger partial charge in [0.15, 0.2) is 0 Å². The second-order valence-corrected chi connectivity index (χ2v) is 6.97. The molecule has 2 aromatic heterocycles. The Morgan fingerprint density at radius 2 is 2.04 bits per heavy atom. The van der Waals surface area contributed by atoms with E-state index in [1.54, 1.807) is 17.8 Å². The topological polar surface area (TPSA) is 76.0 Å². The highest BCUT2D eigenvalue weighted by Crippen LogP contribution is 2.22. The van der Waals surface area contributed by atoms with E-state index in [0.717, 1.165) is 23.0 Å². The predicted octanol–water partition coefficient (Wildman–Crippen LogP) is 2.99. The molecule has 3 rings (SSSR count). The highest BCUT2D eigenvalue weighted by Gasteiger charge is 2.18. The number of carbonyl (C=O) groups is 2. The van der Waals surface area contributed by atoms with Crippen molar-refractivity contribution in [2.24, 2.45) is 0 Å². The van der Waals surface area contributed by atoms with Crippen LogP contribution in [0.3, 0.4) is 0 Å². The van der Waals surface area contributed by atoms with Crippen LogP contribution in [0.2, 0.25) is 0 Å². The molecule has 0 bridgehead atoms. The Kier molecular flexibility index (Phi) is 4.85. The van der Waals surface area contributed by atoms with E-state index in [4.69, 9.17) is 0 Å². The fraction of sp³-hybridized carbons (Fsp3) is 0.278. The van der Waals surface area contributed by atoms with Crippen molar-refractivity contribution in [1.82, 2.24) is 20.4 Å². The molecule has 130 valence electrons. The minimum atomic E-state index is -0.496. The van der Waals surface area contributed by atoms with Crippen molar-refractivity contribution in [3.05, 3.63) is 52.0 Å². The van der Waals surface area contributed by atoms with Crippen molar-refractivity contribution in [3.8, 4) is 0 Å². The number of nitrogens with one attached hydrogen (secondary N) is 2. The van der Waals surface area contributed by atoms with Gasteiger partial charge in [-0.05, 0) is 44.0 Å². The maximum atomic E-state index is 12.4. The Balaban J connectivity index is 1.66. The first-order valence-corrected chi connectivity index (χ1v) is 8.94. The third kappa shape index (κ3) is 3.41. The molecule has 1 aromatic carbocycles. The standard InChI is InChI=1S/C18H20N4O2S/c1-4-15-11(2)9-16(25-15)18(24)21-20-17(23)12(3)22-10-19-13-7-5-6-8-14(13)22/h5-10,12H,4H2,1-3H3,(H,20,23)(H,21,24). The van der Waals surface area contributed by atoms with Crippen LogP contribution in [0.15, 0.2) is 36.7 Å². The van der Waals surface area contributed by atoms with Gasteiger partial charge in [0.1, 0.15) is 6.04 Å². The number of amides is 2. The predicted molar refractivity (Wildman–Crippen MR) is 98.5 cm³/mol. The Hall–Kier alpha value is -2.67. The second kappa shape index (κ2) is 7.06. The SMILES string of the molecule is CCc1sc(C(=O)NNC(=O)C(C)n2cnc3ccccc32)cc1C. The molecule has 1 unspecified atom stereocenters. The van der Waals surface area contributed by atoms with Crippen LogP contribution < -0.4 is 10.9 Å². The summed E-state index contributed by atoms with van der Waals surface area (Å²) in [5, 5.41) is 0. The Morgan fingerprint density at radius 3 is 2.76 bits per heavy atom. The molecule has 0 aliphatic rings. The smallest absolute Gasteiger partial charge is 0.279 e. The number of carbonyl (C=O) groups excluding carboxylic acids is 2. The van der Waals surface area contributed by atoms with Crippen LogP contribution in [-0.2, 0) is 11.2 Å². The third-order valence-electron chi connectivity index (χ3n) is 4.14. The van der Waals surface area contributed by atoms with E-state index < -0.39 is 6.04 Å². The van der Waals surface area contributed by atoms with E-state index in [-0.39, 0.29) is 11.8 Å². The van der Waals surface area contributed by atoms with Crippen molar-refractivity contribution < 1.29 is 9.59 Å². The van der Waals surface area contributed by atoms with Crippen LogP contribution in [-0.4, -0.2) is 21.4 Å². The van der Waals surface area contributed by atoms with E-state index in [9.17, 15) is 9.59 Å². The van der Waals surface area contributed by atoms with Gasteiger partial charge in [-0.1, -0.05) is 19.1 Å². The molecule has 0 saturated heterocycles. The lowest BCUT2D eigenvalue weighted by atomic mass is 10.2. The first-order chi connectivity index (χ1) is 12.0. The van der Waals surface area contributed by atoms with Gasteiger partial charge < -0.3 is 4.57 Å². The summed E-state index contributed by atoms with van der Waals surface area (Å²) in [6, 6.07) is 8.95. The number of hydrogen-bond donors (Lipinski definition) is 2. The van der Waals surface area contributed by atoms with Gasteiger partial charge in [-0.25, -0.2) is 4.98 Å². The van der Waals surface area contributed by atoms with Gasteiger partial charge in [-0.15, -0.1) is 11.3 Å². The van der Waals surface area contributed by atoms with E-state index in [2.05, 4.69) is 22.8 Å². The number of hydrazine groups is 1. The fourth-order valence-electron chi connectivity index (χ4n) is 2.68. The molecule has 1 atom stereocenters. The summed E-state index contributed by atoms with van der Waals surface area (Å²) in [4.78, 5) is 30.6. The van der Waals surface area contributed by atoms with Gasteiger partial charge >= 0.3 is 0 Å². The summed E-state index contributed by atoms with van der Waals surface area (Å²) < 4.78 is 1.78. The van der Waals surface area contributed by atoms with E-state index in [0.29, 0.717) is 4.88 Å². The average Bonchev–Trinajstić information content (AvgIpc) is 3.22. The normalized spacial score (nSPS) is 12.1. The van der Waals surface area contributed by atoms with Crippen LogP contribution in [0.1, 0.15) is 40.0 Å². The maximum absolute atomic E-state index is 12.4. The van der Waals surface area contributed by atoms with Gasteiger partial charge in [0.25, 0.3) is 11.8 Å². The molecule has 25 heavy (non-hydrogen) atoms. The molecule has 0 aliphatic heterocycles. The summed E-state index contributed by atoms with van der Waals surface area (Å²) in [7, 11) is 0. The minimum Gasteiger partial charge on any atom is -0.318 e. The number of rotatable bonds is 4. The maximum Gasteiger partial charge on any atom is 0.279 e. The van der Waals surface area contributed by atoms with Crippen molar-refractivity contribution in [1.29, 1.82) is 0 Å². The van der Waals surface area contributed by atoms with Gasteiger partial charge in [0.2, 0.25) is 0 Å². The number of imidazole rings is 1. The van der Waals surface area contributed by atoms with Gasteiger partial charge in [-0.3, -0.25) is 20.4 Å². The molecule has 2 N–H and O–H groups in total. The molecule has 0 radical (unpaired) electrons. The monoisotopic (exact) mass is 356 g/mol. The van der Waals surface area contributed by atoms with Gasteiger partial charge in [0.05, 0.1) is 22.2 Å². The Morgan fingerprint density at radius 1 is 1.28 bits per heavy atom. The Bertz CT molecular complexity index is 928. The van der Waals surface area contributed by atoms with Crippen LogP contribution in [0.5, 0.6) is 0 Å². The number of aromatic nitrogens is 2. The van der Waals surface area contributed by atoms with Crippen molar-refractivity contribution >= 4 is 34.2 Å². The molecule has 7 heteroatoms. The van der Waals surface area contributed by atoms with Crippen LogP contribution in [0.4, 0.5) is 0 Å². The number of para-hydroxylation sites is 2. The molecule has 0 spiro atoms. The highest BCUT2D eigenvalue weighted by molar-refractivity contribution is 7.14. The lowest BCUT2D eigenvalue weighted by Gasteiger charge is -2.14. The Labute approximate surface area is 149 Å². The largest absolute Gasteiger partial charge is 0.318 e. The number of aryl methyl sites for hydroxylation is 2. The quantitative estimate of drug-likeness (QED) is 0.706. The minimum absolute atomic E-state index is 0.302. The molecule has 0 fully saturated rings. The summed E-state index contributed by atoms with van der Waals surface area (Å²) in [5.74, 6) is -0.607. The van der Waals surface area contributed by atoms with Crippen molar-refractivity contribution in [3.63, 3.8) is 0 Å². The molecular formula is C18H20N4O2S. The van der Waals surface area contributed by atoms with Crippen molar-refractivity contribution in [2.45, 2.75) is 33.2 Å². The lowest BCUT2D eigenvalue weighted by Crippen LogP contribution is -2.44. The van der Waals surface area contributed by atoms with Gasteiger partial charge in [-0.2, -0.15) is 0 Å². The first kappa shape index (κ1) is 17.2. The third-order valence-corrected chi connectivity index (χ3v) is 5.52. The van der Waals surface area contributed by atoms with E-state index >= 15 is 0 Å². The molecule has 0 aliphatic carbocycles. The number of benzene rings is 1. The number of nitrogens with zero attached hydrogens (tertiary/aromatic N) is 2. The summed E-state index contributed by atoms with van der Waals surface area (Å²) in [6.07, 6.45) is 2.52. The van der Waals surface area contributed by atoms with Crippen LogP contribution in [0, 0.1) is 6.92 Å². The highest BCUT2D eigenvalue weighted by atomic mass is 32.1. The second-order valence-electron chi connectivity index (χ2n) is 5.83. The number of hydrogen-bond acceptors (Lipinski definition) is 4. The van der Waals surface area contributed by atoms with Crippen LogP contribution in [0.25, 0.3) is 11.0 Å². The van der Waals surface area contributed by atoms with Crippen LogP contribution >= 0.6 is 11.3 Å². The number of thiophene rings is 1. The molecule has 2 amide bonds.